The van der Waals surface area contributed by atoms with Crippen LogP contribution in [0.25, 0.3) is 0 Å². The highest BCUT2D eigenvalue weighted by Gasteiger charge is 2.08. The Bertz CT molecular complexity index is 300. The lowest BCUT2D eigenvalue weighted by Gasteiger charge is -2.07. The third kappa shape index (κ3) is 2.73. The maximum Gasteiger partial charge on any atom is 0.0837 e. The Morgan fingerprint density at radius 2 is 2.08 bits per heavy atom. The molecule has 0 saturated heterocycles. The topological polar surface area (TPSA) is 35.8 Å². The van der Waals surface area contributed by atoms with Gasteiger partial charge in [-0.2, -0.15) is 5.26 Å². The quantitative estimate of drug-likeness (QED) is 0.801. The van der Waals surface area contributed by atoms with E-state index >= 15 is 0 Å². The van der Waals surface area contributed by atoms with Gasteiger partial charge in [0.2, 0.25) is 0 Å². The van der Waals surface area contributed by atoms with Crippen molar-refractivity contribution in [3.05, 3.63) is 34.9 Å². The van der Waals surface area contributed by atoms with Crippen LogP contribution < -0.4 is 5.32 Å². The molecule has 1 aromatic rings. The van der Waals surface area contributed by atoms with Gasteiger partial charge in [-0.1, -0.05) is 23.7 Å². The van der Waals surface area contributed by atoms with Crippen LogP contribution in [0.5, 0.6) is 0 Å². The Balaban J connectivity index is 2.81. The first kappa shape index (κ1) is 10.0. The standard InChI is InChI=1S/C10H11ClN2/c1-13-7-9(6-12)8-2-4-10(11)5-3-8/h2-5,9,13H,7H2,1H3. The second-order valence-corrected chi connectivity index (χ2v) is 3.23. The second-order valence-electron chi connectivity index (χ2n) is 2.79. The van der Waals surface area contributed by atoms with Gasteiger partial charge in [-0.25, -0.2) is 0 Å². The van der Waals surface area contributed by atoms with Crippen molar-refractivity contribution in [2.24, 2.45) is 0 Å². The Labute approximate surface area is 83.1 Å². The summed E-state index contributed by atoms with van der Waals surface area (Å²) >= 11 is 5.74. The van der Waals surface area contributed by atoms with E-state index < -0.39 is 0 Å². The molecule has 0 heterocycles. The summed E-state index contributed by atoms with van der Waals surface area (Å²) in [5.74, 6) is -0.0951. The van der Waals surface area contributed by atoms with Crippen molar-refractivity contribution in [3.8, 4) is 6.07 Å². The van der Waals surface area contributed by atoms with Gasteiger partial charge < -0.3 is 5.32 Å². The van der Waals surface area contributed by atoms with Gasteiger partial charge in [0.1, 0.15) is 0 Å². The van der Waals surface area contributed by atoms with Crippen LogP contribution in [-0.4, -0.2) is 13.6 Å². The summed E-state index contributed by atoms with van der Waals surface area (Å²) in [6.07, 6.45) is 0. The first-order valence-corrected chi connectivity index (χ1v) is 4.45. The Hall–Kier alpha value is -1.04. The molecule has 0 aromatic heterocycles. The lowest BCUT2D eigenvalue weighted by Crippen LogP contribution is -2.15. The minimum Gasteiger partial charge on any atom is -0.318 e. The molecule has 0 fully saturated rings. The molecule has 0 aliphatic carbocycles. The van der Waals surface area contributed by atoms with Crippen molar-refractivity contribution < 1.29 is 0 Å². The summed E-state index contributed by atoms with van der Waals surface area (Å²) in [5, 5.41) is 12.5. The molecular formula is C10H11ClN2. The third-order valence-electron chi connectivity index (χ3n) is 1.84. The molecule has 0 saturated carbocycles. The molecule has 68 valence electrons. The predicted molar refractivity (Wildman–Crippen MR) is 53.7 cm³/mol. The van der Waals surface area contributed by atoms with E-state index in [4.69, 9.17) is 16.9 Å². The van der Waals surface area contributed by atoms with Crippen molar-refractivity contribution >= 4 is 11.6 Å². The summed E-state index contributed by atoms with van der Waals surface area (Å²) in [5.41, 5.74) is 1.00. The van der Waals surface area contributed by atoms with Crippen molar-refractivity contribution in [2.75, 3.05) is 13.6 Å². The zero-order valence-corrected chi connectivity index (χ0v) is 8.17. The zero-order valence-electron chi connectivity index (χ0n) is 7.42. The molecule has 1 aromatic carbocycles. The van der Waals surface area contributed by atoms with Crippen molar-refractivity contribution in [1.82, 2.24) is 5.32 Å². The third-order valence-corrected chi connectivity index (χ3v) is 2.09. The van der Waals surface area contributed by atoms with Gasteiger partial charge in [0, 0.05) is 11.6 Å². The van der Waals surface area contributed by atoms with Crippen LogP contribution in [0.2, 0.25) is 5.02 Å². The first-order chi connectivity index (χ1) is 6.27. The van der Waals surface area contributed by atoms with Crippen LogP contribution in [-0.2, 0) is 0 Å². The summed E-state index contributed by atoms with van der Waals surface area (Å²) < 4.78 is 0. The van der Waals surface area contributed by atoms with E-state index in [1.807, 2.05) is 19.2 Å². The summed E-state index contributed by atoms with van der Waals surface area (Å²) in [6.45, 7) is 0.665. The maximum absolute atomic E-state index is 8.86. The van der Waals surface area contributed by atoms with E-state index in [0.717, 1.165) is 5.56 Å². The lowest BCUT2D eigenvalue weighted by molar-refractivity contribution is 0.734. The van der Waals surface area contributed by atoms with Gasteiger partial charge in [0.15, 0.2) is 0 Å². The molecule has 3 heteroatoms. The van der Waals surface area contributed by atoms with Crippen LogP contribution >= 0.6 is 11.6 Å². The molecule has 2 nitrogen and oxygen atoms in total. The molecule has 13 heavy (non-hydrogen) atoms. The number of rotatable bonds is 3. The van der Waals surface area contributed by atoms with Crippen LogP contribution in [0.3, 0.4) is 0 Å². The van der Waals surface area contributed by atoms with Crippen LogP contribution in [0.15, 0.2) is 24.3 Å². The van der Waals surface area contributed by atoms with E-state index in [-0.39, 0.29) is 5.92 Å². The zero-order chi connectivity index (χ0) is 9.68. The molecule has 0 bridgehead atoms. The minimum atomic E-state index is -0.0951. The molecule has 0 aliphatic heterocycles. The van der Waals surface area contributed by atoms with E-state index in [9.17, 15) is 0 Å². The smallest absolute Gasteiger partial charge is 0.0837 e. The molecule has 0 amide bonds. The summed E-state index contributed by atoms with van der Waals surface area (Å²) in [6, 6.07) is 9.60. The van der Waals surface area contributed by atoms with Gasteiger partial charge in [-0.3, -0.25) is 0 Å². The molecular weight excluding hydrogens is 184 g/mol. The predicted octanol–water partition coefficient (Wildman–Crippen LogP) is 2.17. The Morgan fingerprint density at radius 1 is 1.46 bits per heavy atom. The number of nitriles is 1. The Morgan fingerprint density at radius 3 is 2.54 bits per heavy atom. The number of nitrogens with zero attached hydrogens (tertiary/aromatic N) is 1. The largest absolute Gasteiger partial charge is 0.318 e. The monoisotopic (exact) mass is 194 g/mol. The first-order valence-electron chi connectivity index (χ1n) is 4.07. The van der Waals surface area contributed by atoms with Crippen molar-refractivity contribution in [3.63, 3.8) is 0 Å². The highest BCUT2D eigenvalue weighted by Crippen LogP contribution is 2.16. The number of halogens is 1. The van der Waals surface area contributed by atoms with Gasteiger partial charge >= 0.3 is 0 Å². The lowest BCUT2D eigenvalue weighted by atomic mass is 10.0. The average molecular weight is 195 g/mol. The SMILES string of the molecule is CNCC(C#N)c1ccc(Cl)cc1. The van der Waals surface area contributed by atoms with Crippen LogP contribution in [0, 0.1) is 11.3 Å². The second kappa shape index (κ2) is 4.86. The normalized spacial score (nSPS) is 12.1. The highest BCUT2D eigenvalue weighted by atomic mass is 35.5. The molecule has 1 atom stereocenters. The summed E-state index contributed by atoms with van der Waals surface area (Å²) in [4.78, 5) is 0. The van der Waals surface area contributed by atoms with Gasteiger partial charge in [-0.05, 0) is 24.7 Å². The van der Waals surface area contributed by atoms with Crippen molar-refractivity contribution in [2.45, 2.75) is 5.92 Å². The molecule has 1 unspecified atom stereocenters. The maximum atomic E-state index is 8.86. The van der Waals surface area contributed by atoms with E-state index in [1.165, 1.54) is 0 Å². The average Bonchev–Trinajstić information content (AvgIpc) is 2.16. The molecule has 0 spiro atoms. The minimum absolute atomic E-state index is 0.0951. The van der Waals surface area contributed by atoms with Gasteiger partial charge in [0.05, 0.1) is 12.0 Å². The molecule has 1 rings (SSSR count). The number of hydrogen-bond acceptors (Lipinski definition) is 2. The highest BCUT2D eigenvalue weighted by molar-refractivity contribution is 6.30. The fraction of sp³-hybridized carbons (Fsp3) is 0.300. The molecule has 0 aliphatic rings. The summed E-state index contributed by atoms with van der Waals surface area (Å²) in [7, 11) is 1.83. The van der Waals surface area contributed by atoms with E-state index in [2.05, 4.69) is 11.4 Å². The fourth-order valence-electron chi connectivity index (χ4n) is 1.14. The van der Waals surface area contributed by atoms with Gasteiger partial charge in [0.25, 0.3) is 0 Å². The van der Waals surface area contributed by atoms with E-state index in [1.54, 1.807) is 12.1 Å². The van der Waals surface area contributed by atoms with Crippen molar-refractivity contribution in [1.29, 1.82) is 5.26 Å². The molecule has 0 radical (unpaired) electrons. The number of likely N-dealkylation sites (N-methyl/N-ethyl adjacent to an activating group) is 1. The molecule has 1 N–H and O–H groups in total. The fourth-order valence-corrected chi connectivity index (χ4v) is 1.26. The number of nitrogens with one attached hydrogen (secondary N) is 1. The van der Waals surface area contributed by atoms with Crippen LogP contribution in [0.1, 0.15) is 11.5 Å². The Kier molecular flexibility index (Phi) is 3.75. The number of hydrogen-bond donors (Lipinski definition) is 1. The van der Waals surface area contributed by atoms with Crippen LogP contribution in [0.4, 0.5) is 0 Å². The van der Waals surface area contributed by atoms with E-state index in [0.29, 0.717) is 11.6 Å². The van der Waals surface area contributed by atoms with Gasteiger partial charge in [-0.15, -0.1) is 0 Å². The number of benzene rings is 1.